The Hall–Kier alpha value is -0.570. The molecule has 1 fully saturated rings. The van der Waals surface area contributed by atoms with Crippen LogP contribution in [0.3, 0.4) is 0 Å². The van der Waals surface area contributed by atoms with Gasteiger partial charge in [0, 0.05) is 25.6 Å². The number of carbonyl (C=O) groups is 1. The first-order valence-corrected chi connectivity index (χ1v) is 5.87. The van der Waals surface area contributed by atoms with Crippen molar-refractivity contribution in [1.82, 2.24) is 10.2 Å². The predicted molar refractivity (Wildman–Crippen MR) is 62.7 cm³/mol. The number of hydrogen-bond donors (Lipinski definition) is 1. The Labute approximate surface area is 93.2 Å². The molecule has 3 heteroatoms. The van der Waals surface area contributed by atoms with Crippen molar-refractivity contribution in [1.29, 1.82) is 0 Å². The third-order valence-electron chi connectivity index (χ3n) is 3.04. The fourth-order valence-electron chi connectivity index (χ4n) is 1.86. The van der Waals surface area contributed by atoms with Crippen LogP contribution >= 0.6 is 0 Å². The van der Waals surface area contributed by atoms with Gasteiger partial charge in [-0.1, -0.05) is 20.8 Å². The minimum absolute atomic E-state index is 0.262. The van der Waals surface area contributed by atoms with E-state index >= 15 is 0 Å². The quantitative estimate of drug-likeness (QED) is 0.771. The van der Waals surface area contributed by atoms with Crippen molar-refractivity contribution in [3.05, 3.63) is 0 Å². The Morgan fingerprint density at radius 1 is 1.47 bits per heavy atom. The number of hydrogen-bond acceptors (Lipinski definition) is 2. The van der Waals surface area contributed by atoms with Gasteiger partial charge in [0.2, 0.25) is 5.91 Å². The molecule has 0 saturated carbocycles. The van der Waals surface area contributed by atoms with E-state index in [1.54, 1.807) is 0 Å². The van der Waals surface area contributed by atoms with Crippen LogP contribution in [-0.4, -0.2) is 37.0 Å². The van der Waals surface area contributed by atoms with Crippen molar-refractivity contribution in [2.45, 2.75) is 46.1 Å². The molecular formula is C12H24N2O. The summed E-state index contributed by atoms with van der Waals surface area (Å²) in [4.78, 5) is 13.8. The fraction of sp³-hybridized carbons (Fsp3) is 0.917. The highest BCUT2D eigenvalue weighted by Crippen LogP contribution is 2.22. The van der Waals surface area contributed by atoms with Crippen LogP contribution in [0.15, 0.2) is 0 Å². The number of likely N-dealkylation sites (tertiary alicyclic amines) is 1. The molecule has 1 atom stereocenters. The SMILES string of the molecule is CNC1CCN(C(=O)CCC(C)(C)C)C1. The first-order chi connectivity index (χ1) is 6.92. The minimum atomic E-state index is 0.262. The van der Waals surface area contributed by atoms with Gasteiger partial charge in [-0.2, -0.15) is 0 Å². The van der Waals surface area contributed by atoms with Crippen LogP contribution in [0.2, 0.25) is 0 Å². The van der Waals surface area contributed by atoms with Crippen LogP contribution in [0.5, 0.6) is 0 Å². The van der Waals surface area contributed by atoms with Crippen LogP contribution < -0.4 is 5.32 Å². The standard InChI is InChI=1S/C12H24N2O/c1-12(2,3)7-5-11(15)14-8-6-10(9-14)13-4/h10,13H,5-9H2,1-4H3. The highest BCUT2D eigenvalue weighted by molar-refractivity contribution is 5.76. The second kappa shape index (κ2) is 4.97. The van der Waals surface area contributed by atoms with Crippen molar-refractivity contribution in [3.63, 3.8) is 0 Å². The minimum Gasteiger partial charge on any atom is -0.341 e. The molecule has 3 nitrogen and oxygen atoms in total. The van der Waals surface area contributed by atoms with Gasteiger partial charge in [0.15, 0.2) is 0 Å². The highest BCUT2D eigenvalue weighted by atomic mass is 16.2. The van der Waals surface area contributed by atoms with E-state index in [4.69, 9.17) is 0 Å². The van der Waals surface area contributed by atoms with Gasteiger partial charge in [0.1, 0.15) is 0 Å². The van der Waals surface area contributed by atoms with Gasteiger partial charge < -0.3 is 10.2 Å². The second-order valence-electron chi connectivity index (χ2n) is 5.67. The molecule has 1 N–H and O–H groups in total. The number of likely N-dealkylation sites (N-methyl/N-ethyl adjacent to an activating group) is 1. The molecule has 1 amide bonds. The normalized spacial score (nSPS) is 22.1. The molecule has 0 aromatic heterocycles. The summed E-state index contributed by atoms with van der Waals surface area (Å²) in [5.41, 5.74) is 0.262. The largest absolute Gasteiger partial charge is 0.341 e. The molecule has 1 saturated heterocycles. The summed E-state index contributed by atoms with van der Waals surface area (Å²) in [6.45, 7) is 8.36. The predicted octanol–water partition coefficient (Wildman–Crippen LogP) is 1.63. The summed E-state index contributed by atoms with van der Waals surface area (Å²) in [5.74, 6) is 0.322. The van der Waals surface area contributed by atoms with E-state index in [0.29, 0.717) is 18.4 Å². The smallest absolute Gasteiger partial charge is 0.222 e. The first kappa shape index (κ1) is 12.5. The highest BCUT2D eigenvalue weighted by Gasteiger charge is 2.25. The van der Waals surface area contributed by atoms with Crippen molar-refractivity contribution >= 4 is 5.91 Å². The van der Waals surface area contributed by atoms with Gasteiger partial charge in [-0.25, -0.2) is 0 Å². The van der Waals surface area contributed by atoms with E-state index in [1.807, 2.05) is 11.9 Å². The molecule has 15 heavy (non-hydrogen) atoms. The summed E-state index contributed by atoms with van der Waals surface area (Å²) in [5, 5.41) is 3.23. The Balaban J connectivity index is 2.30. The van der Waals surface area contributed by atoms with Crippen LogP contribution in [-0.2, 0) is 4.79 Å². The number of amides is 1. The second-order valence-corrected chi connectivity index (χ2v) is 5.67. The number of nitrogens with one attached hydrogen (secondary N) is 1. The zero-order valence-electron chi connectivity index (χ0n) is 10.5. The van der Waals surface area contributed by atoms with Crippen molar-refractivity contribution in [2.75, 3.05) is 20.1 Å². The molecule has 1 aliphatic rings. The zero-order chi connectivity index (χ0) is 11.5. The van der Waals surface area contributed by atoms with Gasteiger partial charge in [0.05, 0.1) is 0 Å². The molecule has 0 aromatic carbocycles. The first-order valence-electron chi connectivity index (χ1n) is 5.87. The molecule has 88 valence electrons. The zero-order valence-corrected chi connectivity index (χ0v) is 10.5. The molecule has 0 aromatic rings. The lowest BCUT2D eigenvalue weighted by Crippen LogP contribution is -2.33. The van der Waals surface area contributed by atoms with E-state index in [-0.39, 0.29) is 5.41 Å². The van der Waals surface area contributed by atoms with Gasteiger partial charge in [-0.3, -0.25) is 4.79 Å². The van der Waals surface area contributed by atoms with Crippen LogP contribution in [0.25, 0.3) is 0 Å². The average molecular weight is 212 g/mol. The molecule has 0 aliphatic carbocycles. The Kier molecular flexibility index (Phi) is 4.14. The topological polar surface area (TPSA) is 32.3 Å². The lowest BCUT2D eigenvalue weighted by atomic mass is 9.90. The Morgan fingerprint density at radius 3 is 2.60 bits per heavy atom. The summed E-state index contributed by atoms with van der Waals surface area (Å²) in [6.07, 6.45) is 2.77. The van der Waals surface area contributed by atoms with Crippen LogP contribution in [0.4, 0.5) is 0 Å². The molecule has 1 unspecified atom stereocenters. The summed E-state index contributed by atoms with van der Waals surface area (Å²) in [6, 6.07) is 0.503. The maximum Gasteiger partial charge on any atom is 0.222 e. The number of rotatable bonds is 3. The number of carbonyl (C=O) groups excluding carboxylic acids is 1. The third-order valence-corrected chi connectivity index (χ3v) is 3.04. The maximum atomic E-state index is 11.9. The summed E-state index contributed by atoms with van der Waals surface area (Å²) < 4.78 is 0. The van der Waals surface area contributed by atoms with Crippen LogP contribution in [0.1, 0.15) is 40.0 Å². The molecule has 1 aliphatic heterocycles. The lowest BCUT2D eigenvalue weighted by Gasteiger charge is -2.21. The Morgan fingerprint density at radius 2 is 2.13 bits per heavy atom. The molecule has 1 heterocycles. The van der Waals surface area contributed by atoms with Crippen molar-refractivity contribution in [2.24, 2.45) is 5.41 Å². The average Bonchev–Trinajstić information content (AvgIpc) is 2.61. The van der Waals surface area contributed by atoms with E-state index in [2.05, 4.69) is 26.1 Å². The lowest BCUT2D eigenvalue weighted by molar-refractivity contribution is -0.130. The van der Waals surface area contributed by atoms with Crippen LogP contribution in [0, 0.1) is 5.41 Å². The molecular weight excluding hydrogens is 188 g/mol. The Bertz CT molecular complexity index is 220. The summed E-state index contributed by atoms with van der Waals surface area (Å²) in [7, 11) is 1.97. The molecule has 0 radical (unpaired) electrons. The maximum absolute atomic E-state index is 11.9. The van der Waals surface area contributed by atoms with Crippen molar-refractivity contribution in [3.8, 4) is 0 Å². The van der Waals surface area contributed by atoms with E-state index < -0.39 is 0 Å². The monoisotopic (exact) mass is 212 g/mol. The van der Waals surface area contributed by atoms with Gasteiger partial charge in [-0.15, -0.1) is 0 Å². The molecule has 0 bridgehead atoms. The van der Waals surface area contributed by atoms with E-state index in [9.17, 15) is 4.79 Å². The molecule has 0 spiro atoms. The number of nitrogens with zero attached hydrogens (tertiary/aromatic N) is 1. The fourth-order valence-corrected chi connectivity index (χ4v) is 1.86. The molecule has 1 rings (SSSR count). The van der Waals surface area contributed by atoms with E-state index in [0.717, 1.165) is 25.9 Å². The third kappa shape index (κ3) is 4.20. The van der Waals surface area contributed by atoms with Gasteiger partial charge >= 0.3 is 0 Å². The summed E-state index contributed by atoms with van der Waals surface area (Å²) >= 11 is 0. The van der Waals surface area contributed by atoms with E-state index in [1.165, 1.54) is 0 Å². The van der Waals surface area contributed by atoms with Gasteiger partial charge in [0.25, 0.3) is 0 Å². The van der Waals surface area contributed by atoms with Crippen molar-refractivity contribution < 1.29 is 4.79 Å². The van der Waals surface area contributed by atoms with Gasteiger partial charge in [-0.05, 0) is 25.3 Å².